The zero-order valence-corrected chi connectivity index (χ0v) is 14.7. The molecule has 0 radical (unpaired) electrons. The molecular weight excluding hydrogens is 300 g/mol. The molecule has 2 saturated heterocycles. The Morgan fingerprint density at radius 1 is 1.12 bits per heavy atom. The van der Waals surface area contributed by atoms with Gasteiger partial charge in [0, 0.05) is 19.1 Å². The lowest BCUT2D eigenvalue weighted by atomic mass is 9.99. The van der Waals surface area contributed by atoms with E-state index in [0.29, 0.717) is 6.04 Å². The molecule has 1 aromatic carbocycles. The first-order valence-corrected chi connectivity index (χ1v) is 9.44. The van der Waals surface area contributed by atoms with Crippen LogP contribution in [0.15, 0.2) is 30.3 Å². The van der Waals surface area contributed by atoms with E-state index in [-0.39, 0.29) is 18.1 Å². The van der Waals surface area contributed by atoms with Gasteiger partial charge in [0.1, 0.15) is 6.04 Å². The largest absolute Gasteiger partial charge is 0.393 e. The number of carbonyl (C=O) groups is 1. The third-order valence-electron chi connectivity index (χ3n) is 5.38. The van der Waals surface area contributed by atoms with E-state index in [4.69, 9.17) is 0 Å². The predicted molar refractivity (Wildman–Crippen MR) is 95.6 cm³/mol. The van der Waals surface area contributed by atoms with Crippen LogP contribution in [-0.2, 0) is 4.79 Å². The van der Waals surface area contributed by atoms with E-state index in [1.165, 1.54) is 6.42 Å². The van der Waals surface area contributed by atoms with Crippen molar-refractivity contribution >= 4 is 5.91 Å². The highest BCUT2D eigenvalue weighted by Crippen LogP contribution is 2.33. The molecule has 1 N–H and O–H groups in total. The van der Waals surface area contributed by atoms with E-state index < -0.39 is 0 Å². The zero-order valence-electron chi connectivity index (χ0n) is 14.7. The van der Waals surface area contributed by atoms with Crippen molar-refractivity contribution in [3.63, 3.8) is 0 Å². The SMILES string of the molecule is CC(O)CC1CCCN1C(C(=O)N1CCCCC1)c1ccccc1. The Morgan fingerprint density at radius 3 is 2.50 bits per heavy atom. The maximum Gasteiger partial charge on any atom is 0.244 e. The summed E-state index contributed by atoms with van der Waals surface area (Å²) >= 11 is 0. The Hall–Kier alpha value is -1.39. The van der Waals surface area contributed by atoms with Gasteiger partial charge in [0.05, 0.1) is 6.10 Å². The van der Waals surface area contributed by atoms with Crippen LogP contribution in [0.4, 0.5) is 0 Å². The number of rotatable bonds is 5. The molecule has 0 spiro atoms. The van der Waals surface area contributed by atoms with Gasteiger partial charge in [0.2, 0.25) is 5.91 Å². The first kappa shape index (κ1) is 17.4. The van der Waals surface area contributed by atoms with Gasteiger partial charge in [-0.1, -0.05) is 30.3 Å². The smallest absolute Gasteiger partial charge is 0.244 e. The minimum Gasteiger partial charge on any atom is -0.393 e. The predicted octanol–water partition coefficient (Wildman–Crippen LogP) is 2.98. The van der Waals surface area contributed by atoms with Crippen LogP contribution in [0.3, 0.4) is 0 Å². The van der Waals surface area contributed by atoms with E-state index in [1.807, 2.05) is 25.1 Å². The number of aliphatic hydroxyl groups is 1. The number of hydrogen-bond acceptors (Lipinski definition) is 3. The third-order valence-corrected chi connectivity index (χ3v) is 5.38. The average Bonchev–Trinajstić information content (AvgIpc) is 3.04. The van der Waals surface area contributed by atoms with Gasteiger partial charge in [-0.3, -0.25) is 9.69 Å². The van der Waals surface area contributed by atoms with Gasteiger partial charge < -0.3 is 10.0 Å². The van der Waals surface area contributed by atoms with E-state index in [2.05, 4.69) is 21.9 Å². The summed E-state index contributed by atoms with van der Waals surface area (Å²) in [5, 5.41) is 9.85. The quantitative estimate of drug-likeness (QED) is 0.903. The Balaban J connectivity index is 1.85. The molecule has 4 heteroatoms. The number of piperidine rings is 1. The van der Waals surface area contributed by atoms with Gasteiger partial charge >= 0.3 is 0 Å². The number of likely N-dealkylation sites (tertiary alicyclic amines) is 2. The monoisotopic (exact) mass is 330 g/mol. The van der Waals surface area contributed by atoms with Crippen molar-refractivity contribution in [1.29, 1.82) is 0 Å². The number of hydrogen-bond donors (Lipinski definition) is 1. The van der Waals surface area contributed by atoms with Crippen LogP contribution < -0.4 is 0 Å². The highest BCUT2D eigenvalue weighted by molar-refractivity contribution is 5.83. The first-order chi connectivity index (χ1) is 11.7. The number of amides is 1. The second-order valence-electron chi connectivity index (χ2n) is 7.32. The number of carbonyl (C=O) groups excluding carboxylic acids is 1. The summed E-state index contributed by atoms with van der Waals surface area (Å²) in [7, 11) is 0. The number of aliphatic hydroxyl groups excluding tert-OH is 1. The second kappa shape index (κ2) is 8.13. The first-order valence-electron chi connectivity index (χ1n) is 9.44. The van der Waals surface area contributed by atoms with Crippen molar-refractivity contribution in [2.75, 3.05) is 19.6 Å². The molecule has 132 valence electrons. The summed E-state index contributed by atoms with van der Waals surface area (Å²) in [5.41, 5.74) is 1.09. The molecule has 4 nitrogen and oxygen atoms in total. The molecule has 1 amide bonds. The average molecular weight is 330 g/mol. The summed E-state index contributed by atoms with van der Waals surface area (Å²) < 4.78 is 0. The molecule has 2 fully saturated rings. The Kier molecular flexibility index (Phi) is 5.90. The summed E-state index contributed by atoms with van der Waals surface area (Å²) in [6.07, 6.45) is 6.06. The second-order valence-corrected chi connectivity index (χ2v) is 7.32. The number of nitrogens with zero attached hydrogens (tertiary/aromatic N) is 2. The summed E-state index contributed by atoms with van der Waals surface area (Å²) in [5.74, 6) is 0.249. The Morgan fingerprint density at radius 2 is 1.83 bits per heavy atom. The highest BCUT2D eigenvalue weighted by atomic mass is 16.3. The van der Waals surface area contributed by atoms with Crippen molar-refractivity contribution in [3.8, 4) is 0 Å². The Bertz CT molecular complexity index is 526. The fourth-order valence-electron chi connectivity index (χ4n) is 4.24. The van der Waals surface area contributed by atoms with Gasteiger partial charge in [-0.2, -0.15) is 0 Å². The van der Waals surface area contributed by atoms with Gasteiger partial charge in [-0.05, 0) is 57.6 Å². The Labute approximate surface area is 145 Å². The molecule has 0 aromatic heterocycles. The highest BCUT2D eigenvalue weighted by Gasteiger charge is 2.38. The van der Waals surface area contributed by atoms with E-state index in [1.54, 1.807) is 0 Å². The lowest BCUT2D eigenvalue weighted by Gasteiger charge is -2.37. The van der Waals surface area contributed by atoms with Crippen molar-refractivity contribution in [2.45, 2.75) is 63.6 Å². The standard InChI is InChI=1S/C20H30N2O2/c1-16(23)15-18-11-8-14-22(18)19(17-9-4-2-5-10-17)20(24)21-12-6-3-7-13-21/h2,4-5,9-10,16,18-19,23H,3,6-8,11-15H2,1H3. The molecular formula is C20H30N2O2. The molecule has 0 saturated carbocycles. The van der Waals surface area contributed by atoms with Crippen LogP contribution in [0.25, 0.3) is 0 Å². The summed E-state index contributed by atoms with van der Waals surface area (Å²) in [6, 6.07) is 10.3. The molecule has 2 heterocycles. The normalized spacial score (nSPS) is 24.8. The van der Waals surface area contributed by atoms with Crippen LogP contribution in [-0.4, -0.2) is 52.6 Å². The van der Waals surface area contributed by atoms with E-state index in [9.17, 15) is 9.90 Å². The summed E-state index contributed by atoms with van der Waals surface area (Å²) in [6.45, 7) is 4.56. The minimum absolute atomic E-state index is 0.199. The van der Waals surface area contributed by atoms with Crippen molar-refractivity contribution < 1.29 is 9.90 Å². The van der Waals surface area contributed by atoms with Crippen molar-refractivity contribution in [2.24, 2.45) is 0 Å². The molecule has 0 bridgehead atoms. The van der Waals surface area contributed by atoms with E-state index in [0.717, 1.165) is 57.3 Å². The zero-order chi connectivity index (χ0) is 16.9. The molecule has 3 unspecified atom stereocenters. The molecule has 24 heavy (non-hydrogen) atoms. The topological polar surface area (TPSA) is 43.8 Å². The molecule has 3 atom stereocenters. The molecule has 2 aliphatic rings. The summed E-state index contributed by atoms with van der Waals surface area (Å²) in [4.78, 5) is 17.7. The lowest BCUT2D eigenvalue weighted by molar-refractivity contribution is -0.139. The van der Waals surface area contributed by atoms with Crippen LogP contribution in [0.2, 0.25) is 0 Å². The fraction of sp³-hybridized carbons (Fsp3) is 0.650. The van der Waals surface area contributed by atoms with Gasteiger partial charge in [0.15, 0.2) is 0 Å². The van der Waals surface area contributed by atoms with E-state index >= 15 is 0 Å². The van der Waals surface area contributed by atoms with Crippen LogP contribution in [0.5, 0.6) is 0 Å². The van der Waals surface area contributed by atoms with Crippen molar-refractivity contribution in [3.05, 3.63) is 35.9 Å². The van der Waals surface area contributed by atoms with Gasteiger partial charge in [-0.15, -0.1) is 0 Å². The van der Waals surface area contributed by atoms with Gasteiger partial charge in [-0.25, -0.2) is 0 Å². The van der Waals surface area contributed by atoms with Crippen LogP contribution in [0.1, 0.15) is 57.1 Å². The lowest BCUT2D eigenvalue weighted by Crippen LogP contribution is -2.47. The minimum atomic E-state index is -0.322. The number of benzene rings is 1. The third kappa shape index (κ3) is 3.98. The molecule has 0 aliphatic carbocycles. The molecule has 3 rings (SSSR count). The van der Waals surface area contributed by atoms with Crippen LogP contribution >= 0.6 is 0 Å². The van der Waals surface area contributed by atoms with Crippen molar-refractivity contribution in [1.82, 2.24) is 9.80 Å². The maximum atomic E-state index is 13.3. The molecule has 2 aliphatic heterocycles. The molecule has 1 aromatic rings. The van der Waals surface area contributed by atoms with Crippen LogP contribution in [0, 0.1) is 0 Å². The maximum absolute atomic E-state index is 13.3. The van der Waals surface area contributed by atoms with Gasteiger partial charge in [0.25, 0.3) is 0 Å². The fourth-order valence-corrected chi connectivity index (χ4v) is 4.24.